The SMILES string of the molecule is CCNC(=O)[C@@H](C)N(Cc1ccccc1Cl)C(=O)CN(c1cc([N+](=O)[O-])ccc1C)S(C)(=O)=O. The molecule has 184 valence electrons. The van der Waals surface area contributed by atoms with Crippen LogP contribution in [0.1, 0.15) is 25.0 Å². The van der Waals surface area contributed by atoms with Gasteiger partial charge >= 0.3 is 0 Å². The van der Waals surface area contributed by atoms with E-state index in [1.807, 2.05) is 0 Å². The normalized spacial score (nSPS) is 12.0. The largest absolute Gasteiger partial charge is 0.355 e. The van der Waals surface area contributed by atoms with Crippen LogP contribution < -0.4 is 9.62 Å². The summed E-state index contributed by atoms with van der Waals surface area (Å²) in [5, 5.41) is 14.3. The predicted molar refractivity (Wildman–Crippen MR) is 130 cm³/mol. The maximum absolute atomic E-state index is 13.4. The molecule has 0 fully saturated rings. The van der Waals surface area contributed by atoms with Crippen LogP contribution in [0, 0.1) is 17.0 Å². The van der Waals surface area contributed by atoms with Crippen molar-refractivity contribution in [3.8, 4) is 0 Å². The lowest BCUT2D eigenvalue weighted by Crippen LogP contribution is -2.51. The Morgan fingerprint density at radius 2 is 1.85 bits per heavy atom. The van der Waals surface area contributed by atoms with Gasteiger partial charge in [0.2, 0.25) is 21.8 Å². The average molecular weight is 511 g/mol. The molecule has 0 unspecified atom stereocenters. The van der Waals surface area contributed by atoms with Crippen LogP contribution in [-0.4, -0.2) is 55.4 Å². The highest BCUT2D eigenvalue weighted by molar-refractivity contribution is 7.92. The third-order valence-electron chi connectivity index (χ3n) is 5.17. The molecule has 2 aromatic rings. The Morgan fingerprint density at radius 1 is 1.21 bits per heavy atom. The Hall–Kier alpha value is -3.18. The van der Waals surface area contributed by atoms with Crippen LogP contribution in [0.15, 0.2) is 42.5 Å². The first-order valence-electron chi connectivity index (χ1n) is 10.4. The number of sulfonamides is 1. The minimum Gasteiger partial charge on any atom is -0.355 e. The van der Waals surface area contributed by atoms with Gasteiger partial charge in [-0.2, -0.15) is 0 Å². The zero-order valence-corrected chi connectivity index (χ0v) is 20.9. The van der Waals surface area contributed by atoms with Crippen molar-refractivity contribution in [2.24, 2.45) is 0 Å². The van der Waals surface area contributed by atoms with E-state index in [2.05, 4.69) is 5.32 Å². The molecule has 10 nitrogen and oxygen atoms in total. The Bertz CT molecular complexity index is 1190. The van der Waals surface area contributed by atoms with Crippen molar-refractivity contribution in [2.45, 2.75) is 33.4 Å². The zero-order chi connectivity index (χ0) is 25.6. The van der Waals surface area contributed by atoms with Gasteiger partial charge in [-0.1, -0.05) is 35.9 Å². The first-order chi connectivity index (χ1) is 15.9. The summed E-state index contributed by atoms with van der Waals surface area (Å²) in [5.74, 6) is -1.09. The summed E-state index contributed by atoms with van der Waals surface area (Å²) in [7, 11) is -4.01. The molecule has 0 aliphatic rings. The molecule has 0 bridgehead atoms. The first-order valence-corrected chi connectivity index (χ1v) is 12.6. The van der Waals surface area contributed by atoms with E-state index in [9.17, 15) is 28.1 Å². The quantitative estimate of drug-likeness (QED) is 0.386. The van der Waals surface area contributed by atoms with Crippen LogP contribution in [0.5, 0.6) is 0 Å². The summed E-state index contributed by atoms with van der Waals surface area (Å²) in [6.07, 6.45) is 0.907. The van der Waals surface area contributed by atoms with Crippen molar-refractivity contribution in [1.82, 2.24) is 10.2 Å². The van der Waals surface area contributed by atoms with Crippen LogP contribution in [0.3, 0.4) is 0 Å². The average Bonchev–Trinajstić information content (AvgIpc) is 2.76. The van der Waals surface area contributed by atoms with Gasteiger partial charge in [-0.3, -0.25) is 24.0 Å². The van der Waals surface area contributed by atoms with E-state index in [0.717, 1.165) is 16.6 Å². The molecule has 34 heavy (non-hydrogen) atoms. The van der Waals surface area contributed by atoms with Crippen molar-refractivity contribution >= 4 is 44.8 Å². The highest BCUT2D eigenvalue weighted by Crippen LogP contribution is 2.28. The number of nitro benzene ring substituents is 1. The Kier molecular flexibility index (Phi) is 9.00. The fourth-order valence-electron chi connectivity index (χ4n) is 3.29. The number of rotatable bonds is 10. The van der Waals surface area contributed by atoms with Gasteiger partial charge in [0.05, 0.1) is 16.9 Å². The number of benzene rings is 2. The van der Waals surface area contributed by atoms with E-state index in [1.54, 1.807) is 38.1 Å². The topological polar surface area (TPSA) is 130 Å². The summed E-state index contributed by atoms with van der Waals surface area (Å²) in [6.45, 7) is 4.50. The number of amides is 2. The molecule has 2 rings (SSSR count). The number of halogens is 1. The second-order valence-electron chi connectivity index (χ2n) is 7.68. The molecule has 2 aromatic carbocycles. The van der Waals surface area contributed by atoms with Crippen LogP contribution in [0.2, 0.25) is 5.02 Å². The molecular formula is C22H27ClN4O6S. The van der Waals surface area contributed by atoms with Gasteiger partial charge in [-0.05, 0) is 38.0 Å². The van der Waals surface area contributed by atoms with Crippen molar-refractivity contribution in [1.29, 1.82) is 0 Å². The van der Waals surface area contributed by atoms with Crippen LogP contribution in [-0.2, 0) is 26.2 Å². The zero-order valence-electron chi connectivity index (χ0n) is 19.3. The summed E-state index contributed by atoms with van der Waals surface area (Å²) >= 11 is 6.25. The molecule has 2 amide bonds. The molecule has 1 atom stereocenters. The maximum atomic E-state index is 13.4. The number of hydrogen-bond donors (Lipinski definition) is 1. The van der Waals surface area contributed by atoms with Gasteiger partial charge < -0.3 is 10.2 Å². The second-order valence-corrected chi connectivity index (χ2v) is 10.00. The summed E-state index contributed by atoms with van der Waals surface area (Å²) in [4.78, 5) is 37.8. The fourth-order valence-corrected chi connectivity index (χ4v) is 4.38. The van der Waals surface area contributed by atoms with Gasteiger partial charge in [-0.15, -0.1) is 0 Å². The standard InChI is InChI=1S/C22H27ClN4O6S/c1-5-24-22(29)16(3)25(13-17-8-6-7-9-19(17)23)21(28)14-26(34(4,32)33)20-12-18(27(30)31)11-10-15(20)2/h6-12,16H,5,13-14H2,1-4H3,(H,24,29)/t16-/m1/s1. The number of likely N-dealkylation sites (N-methyl/N-ethyl adjacent to an activating group) is 1. The molecule has 1 N–H and O–H groups in total. The first kappa shape index (κ1) is 27.1. The van der Waals surface area contributed by atoms with E-state index in [4.69, 9.17) is 11.6 Å². The molecule has 0 aliphatic heterocycles. The molecule has 12 heteroatoms. The number of nitrogens with one attached hydrogen (secondary N) is 1. The number of non-ortho nitro benzene ring substituents is 1. The summed E-state index contributed by atoms with van der Waals surface area (Å²) in [5.41, 5.74) is 0.697. The number of aryl methyl sites for hydroxylation is 1. The summed E-state index contributed by atoms with van der Waals surface area (Å²) in [6, 6.07) is 9.64. The number of carbonyl (C=O) groups is 2. The molecule has 0 heterocycles. The van der Waals surface area contributed by atoms with E-state index >= 15 is 0 Å². The Morgan fingerprint density at radius 3 is 2.41 bits per heavy atom. The van der Waals surface area contributed by atoms with E-state index in [0.29, 0.717) is 22.7 Å². The number of anilines is 1. The van der Waals surface area contributed by atoms with Crippen molar-refractivity contribution in [3.63, 3.8) is 0 Å². The molecule has 0 aromatic heterocycles. The van der Waals surface area contributed by atoms with E-state index in [-0.39, 0.29) is 17.9 Å². The number of carbonyl (C=O) groups excluding carboxylic acids is 2. The minimum atomic E-state index is -4.01. The van der Waals surface area contributed by atoms with Gasteiger partial charge in [0.15, 0.2) is 0 Å². The molecule has 0 saturated carbocycles. The highest BCUT2D eigenvalue weighted by atomic mass is 35.5. The molecule has 0 aliphatic carbocycles. The second kappa shape index (κ2) is 11.3. The fraction of sp³-hybridized carbons (Fsp3) is 0.364. The van der Waals surface area contributed by atoms with Gasteiger partial charge in [0.1, 0.15) is 12.6 Å². The Labute approximate surface area is 203 Å². The molecule has 0 spiro atoms. The number of nitro groups is 1. The van der Waals surface area contributed by atoms with Crippen molar-refractivity contribution < 1.29 is 22.9 Å². The third kappa shape index (κ3) is 6.67. The highest BCUT2D eigenvalue weighted by Gasteiger charge is 2.31. The van der Waals surface area contributed by atoms with Gasteiger partial charge in [0, 0.05) is 30.2 Å². The molecule has 0 radical (unpaired) electrons. The van der Waals surface area contributed by atoms with Crippen molar-refractivity contribution in [3.05, 3.63) is 68.7 Å². The van der Waals surface area contributed by atoms with Crippen LogP contribution in [0.25, 0.3) is 0 Å². The minimum absolute atomic E-state index is 0.00778. The van der Waals surface area contributed by atoms with E-state index in [1.165, 1.54) is 24.0 Å². The molecule has 0 saturated heterocycles. The van der Waals surface area contributed by atoms with Crippen LogP contribution >= 0.6 is 11.6 Å². The predicted octanol–water partition coefficient (Wildman–Crippen LogP) is 2.88. The van der Waals surface area contributed by atoms with E-state index < -0.39 is 39.3 Å². The third-order valence-corrected chi connectivity index (χ3v) is 6.66. The smallest absolute Gasteiger partial charge is 0.271 e. The number of nitrogens with zero attached hydrogens (tertiary/aromatic N) is 3. The molecular weight excluding hydrogens is 484 g/mol. The van der Waals surface area contributed by atoms with Gasteiger partial charge in [-0.25, -0.2) is 8.42 Å². The van der Waals surface area contributed by atoms with Crippen LogP contribution in [0.4, 0.5) is 11.4 Å². The lowest BCUT2D eigenvalue weighted by Gasteiger charge is -2.32. The monoisotopic (exact) mass is 510 g/mol. The lowest BCUT2D eigenvalue weighted by molar-refractivity contribution is -0.384. The summed E-state index contributed by atoms with van der Waals surface area (Å²) < 4.78 is 26.1. The van der Waals surface area contributed by atoms with Gasteiger partial charge in [0.25, 0.3) is 5.69 Å². The maximum Gasteiger partial charge on any atom is 0.271 e. The number of hydrogen-bond acceptors (Lipinski definition) is 6. The van der Waals surface area contributed by atoms with Crippen molar-refractivity contribution in [2.75, 3.05) is 23.7 Å². The lowest BCUT2D eigenvalue weighted by atomic mass is 10.1. The Balaban J connectivity index is 2.49.